The number of hydrogen-bond donors (Lipinski definition) is 0. The number of aromatic nitrogens is 3. The van der Waals surface area contributed by atoms with E-state index in [1.54, 1.807) is 24.7 Å². The van der Waals surface area contributed by atoms with Gasteiger partial charge in [0.2, 0.25) is 0 Å². The first-order valence-electron chi connectivity index (χ1n) is 5.83. The van der Waals surface area contributed by atoms with Gasteiger partial charge in [0.25, 0.3) is 0 Å². The fourth-order valence-corrected chi connectivity index (χ4v) is 2.00. The van der Waals surface area contributed by atoms with Gasteiger partial charge in [-0.2, -0.15) is 0 Å². The lowest BCUT2D eigenvalue weighted by Gasteiger charge is -2.05. The van der Waals surface area contributed by atoms with Gasteiger partial charge in [-0.1, -0.05) is 41.9 Å². The zero-order valence-electron chi connectivity index (χ0n) is 9.99. The predicted molar refractivity (Wildman–Crippen MR) is 75.7 cm³/mol. The summed E-state index contributed by atoms with van der Waals surface area (Å²) in [7, 11) is 0. The molecule has 0 spiro atoms. The first kappa shape index (κ1) is 11.8. The fraction of sp³-hybridized carbons (Fsp3) is 0. The molecule has 0 amide bonds. The molecule has 92 valence electrons. The zero-order valence-corrected chi connectivity index (χ0v) is 10.7. The highest BCUT2D eigenvalue weighted by Crippen LogP contribution is 2.26. The number of rotatable bonds is 2. The van der Waals surface area contributed by atoms with Crippen LogP contribution in [0.2, 0.25) is 5.02 Å². The first-order valence-corrected chi connectivity index (χ1v) is 6.21. The third-order valence-electron chi connectivity index (χ3n) is 2.73. The SMILES string of the molecule is Clc1ccncc1-c1ccnc(-c2ccccc2)n1. The Labute approximate surface area is 116 Å². The largest absolute Gasteiger partial charge is 0.264 e. The second-order valence-corrected chi connectivity index (χ2v) is 4.39. The van der Waals surface area contributed by atoms with E-state index in [1.807, 2.05) is 36.4 Å². The molecule has 0 aliphatic heterocycles. The van der Waals surface area contributed by atoms with Crippen molar-refractivity contribution in [3.8, 4) is 22.6 Å². The Morgan fingerprint density at radius 1 is 0.895 bits per heavy atom. The maximum atomic E-state index is 6.16. The molecule has 3 nitrogen and oxygen atoms in total. The van der Waals surface area contributed by atoms with Gasteiger partial charge in [-0.3, -0.25) is 4.98 Å². The highest BCUT2D eigenvalue weighted by atomic mass is 35.5. The van der Waals surface area contributed by atoms with Gasteiger partial charge in [-0.25, -0.2) is 9.97 Å². The lowest BCUT2D eigenvalue weighted by Crippen LogP contribution is -1.92. The van der Waals surface area contributed by atoms with Crippen molar-refractivity contribution in [1.82, 2.24) is 15.0 Å². The van der Waals surface area contributed by atoms with Crippen molar-refractivity contribution < 1.29 is 0 Å². The van der Waals surface area contributed by atoms with E-state index in [2.05, 4.69) is 15.0 Å². The van der Waals surface area contributed by atoms with Crippen LogP contribution in [0.3, 0.4) is 0 Å². The van der Waals surface area contributed by atoms with Gasteiger partial charge >= 0.3 is 0 Å². The third-order valence-corrected chi connectivity index (χ3v) is 3.06. The molecule has 0 atom stereocenters. The van der Waals surface area contributed by atoms with Crippen molar-refractivity contribution in [3.63, 3.8) is 0 Å². The van der Waals surface area contributed by atoms with E-state index in [9.17, 15) is 0 Å². The van der Waals surface area contributed by atoms with Gasteiger partial charge in [0, 0.05) is 29.7 Å². The van der Waals surface area contributed by atoms with Crippen LogP contribution < -0.4 is 0 Å². The molecule has 0 saturated heterocycles. The molecule has 2 heterocycles. The van der Waals surface area contributed by atoms with E-state index in [-0.39, 0.29) is 0 Å². The van der Waals surface area contributed by atoms with E-state index < -0.39 is 0 Å². The van der Waals surface area contributed by atoms with E-state index in [4.69, 9.17) is 11.6 Å². The van der Waals surface area contributed by atoms with Gasteiger partial charge in [0.05, 0.1) is 10.7 Å². The zero-order chi connectivity index (χ0) is 13.1. The quantitative estimate of drug-likeness (QED) is 0.708. The molecule has 0 bridgehead atoms. The van der Waals surface area contributed by atoms with Crippen LogP contribution in [0.5, 0.6) is 0 Å². The number of nitrogens with zero attached hydrogens (tertiary/aromatic N) is 3. The Morgan fingerprint density at radius 2 is 1.74 bits per heavy atom. The highest BCUT2D eigenvalue weighted by molar-refractivity contribution is 6.33. The molecule has 0 N–H and O–H groups in total. The Hall–Kier alpha value is -2.26. The second-order valence-electron chi connectivity index (χ2n) is 3.99. The van der Waals surface area contributed by atoms with Crippen molar-refractivity contribution in [1.29, 1.82) is 0 Å². The van der Waals surface area contributed by atoms with Gasteiger partial charge in [0.15, 0.2) is 5.82 Å². The van der Waals surface area contributed by atoms with Crippen molar-refractivity contribution in [2.24, 2.45) is 0 Å². The van der Waals surface area contributed by atoms with Crippen LogP contribution in [0, 0.1) is 0 Å². The molecule has 3 rings (SSSR count). The van der Waals surface area contributed by atoms with Crippen LogP contribution in [0.25, 0.3) is 22.6 Å². The first-order chi connectivity index (χ1) is 9.34. The van der Waals surface area contributed by atoms with Crippen LogP contribution >= 0.6 is 11.6 Å². The Kier molecular flexibility index (Phi) is 3.21. The summed E-state index contributed by atoms with van der Waals surface area (Å²) in [6, 6.07) is 13.4. The molecule has 0 radical (unpaired) electrons. The van der Waals surface area contributed by atoms with Crippen molar-refractivity contribution in [2.75, 3.05) is 0 Å². The Morgan fingerprint density at radius 3 is 2.53 bits per heavy atom. The lowest BCUT2D eigenvalue weighted by molar-refractivity contribution is 1.17. The molecule has 3 aromatic rings. The number of pyridine rings is 1. The molecular formula is C15H10ClN3. The van der Waals surface area contributed by atoms with Gasteiger partial charge in [0.1, 0.15) is 0 Å². The molecular weight excluding hydrogens is 258 g/mol. The Balaban J connectivity index is 2.09. The van der Waals surface area contributed by atoms with E-state index >= 15 is 0 Å². The standard InChI is InChI=1S/C15H10ClN3/c16-13-6-8-17-10-12(13)14-7-9-18-15(19-14)11-4-2-1-3-5-11/h1-10H. The summed E-state index contributed by atoms with van der Waals surface area (Å²) in [4.78, 5) is 12.9. The van der Waals surface area contributed by atoms with Crippen LogP contribution in [0.4, 0.5) is 0 Å². The maximum absolute atomic E-state index is 6.16. The van der Waals surface area contributed by atoms with E-state index in [1.165, 1.54) is 0 Å². The summed E-state index contributed by atoms with van der Waals surface area (Å²) in [5.41, 5.74) is 2.56. The molecule has 0 aliphatic carbocycles. The van der Waals surface area contributed by atoms with Crippen molar-refractivity contribution >= 4 is 11.6 Å². The summed E-state index contributed by atoms with van der Waals surface area (Å²) in [6.45, 7) is 0. The minimum Gasteiger partial charge on any atom is -0.264 e. The van der Waals surface area contributed by atoms with Crippen LogP contribution in [0.15, 0.2) is 61.1 Å². The molecule has 0 aliphatic rings. The molecule has 19 heavy (non-hydrogen) atoms. The highest BCUT2D eigenvalue weighted by Gasteiger charge is 2.07. The molecule has 2 aromatic heterocycles. The summed E-state index contributed by atoms with van der Waals surface area (Å²) < 4.78 is 0. The van der Waals surface area contributed by atoms with Crippen molar-refractivity contribution in [3.05, 3.63) is 66.1 Å². The monoisotopic (exact) mass is 267 g/mol. The lowest BCUT2D eigenvalue weighted by atomic mass is 10.2. The molecule has 0 unspecified atom stereocenters. The second kappa shape index (κ2) is 5.16. The van der Waals surface area contributed by atoms with Gasteiger partial charge in [-0.15, -0.1) is 0 Å². The van der Waals surface area contributed by atoms with E-state index in [0.29, 0.717) is 10.8 Å². The normalized spacial score (nSPS) is 10.4. The summed E-state index contributed by atoms with van der Waals surface area (Å²) in [5, 5.41) is 0.632. The molecule has 0 saturated carbocycles. The fourth-order valence-electron chi connectivity index (χ4n) is 1.80. The molecule has 0 fully saturated rings. The summed E-state index contributed by atoms with van der Waals surface area (Å²) in [5.74, 6) is 0.679. The van der Waals surface area contributed by atoms with Gasteiger partial charge < -0.3 is 0 Å². The minimum atomic E-state index is 0.632. The van der Waals surface area contributed by atoms with E-state index in [0.717, 1.165) is 16.8 Å². The smallest absolute Gasteiger partial charge is 0.159 e. The topological polar surface area (TPSA) is 38.7 Å². The molecule has 4 heteroatoms. The predicted octanol–water partition coefficient (Wildman–Crippen LogP) is 3.86. The van der Waals surface area contributed by atoms with Gasteiger partial charge in [-0.05, 0) is 12.1 Å². The summed E-state index contributed by atoms with van der Waals surface area (Å²) >= 11 is 6.16. The molecule has 1 aromatic carbocycles. The number of benzene rings is 1. The van der Waals surface area contributed by atoms with Crippen LogP contribution in [-0.2, 0) is 0 Å². The average Bonchev–Trinajstić information content (AvgIpc) is 2.49. The minimum absolute atomic E-state index is 0.632. The van der Waals surface area contributed by atoms with Crippen LogP contribution in [-0.4, -0.2) is 15.0 Å². The number of hydrogen-bond acceptors (Lipinski definition) is 3. The van der Waals surface area contributed by atoms with Crippen molar-refractivity contribution in [2.45, 2.75) is 0 Å². The summed E-state index contributed by atoms with van der Waals surface area (Å²) in [6.07, 6.45) is 5.10. The Bertz CT molecular complexity index is 699. The number of halogens is 1. The van der Waals surface area contributed by atoms with Crippen LogP contribution in [0.1, 0.15) is 0 Å². The average molecular weight is 268 g/mol. The third kappa shape index (κ3) is 2.46. The maximum Gasteiger partial charge on any atom is 0.159 e.